The smallest absolute Gasteiger partial charge is 0.305 e. The van der Waals surface area contributed by atoms with Crippen molar-refractivity contribution in [1.29, 1.82) is 0 Å². The molecule has 560 valence electrons. The van der Waals surface area contributed by atoms with Crippen molar-refractivity contribution in [3.8, 4) is 0 Å². The van der Waals surface area contributed by atoms with E-state index in [1.165, 1.54) is 47.1 Å². The number of nitrogens with one attached hydrogen (secondary N) is 12. The van der Waals surface area contributed by atoms with Gasteiger partial charge in [0.25, 0.3) is 0 Å². The van der Waals surface area contributed by atoms with E-state index >= 15 is 0 Å². The van der Waals surface area contributed by atoms with Gasteiger partial charge < -0.3 is 113 Å². The van der Waals surface area contributed by atoms with Gasteiger partial charge in [0.1, 0.15) is 66.5 Å². The number of carboxylic acid groups (broad SMARTS) is 3. The Bertz CT molecular complexity index is 3250. The highest BCUT2D eigenvalue weighted by Gasteiger charge is 2.41. The molecule has 0 unspecified atom stereocenters. The number of rotatable bonds is 45. The molecule has 13 amide bonds. The van der Waals surface area contributed by atoms with Gasteiger partial charge in [0.15, 0.2) is 5.96 Å². The molecule has 39 nitrogen and oxygen atoms in total. The zero-order valence-corrected chi connectivity index (χ0v) is 57.4. The number of hydrogen-bond donors (Lipinski definition) is 21. The third-order valence-electron chi connectivity index (χ3n) is 15.5. The highest BCUT2D eigenvalue weighted by molar-refractivity contribution is 6.01. The largest absolute Gasteiger partial charge is 0.481 e. The molecular formula is C62H97N19O20. The fourth-order valence-electron chi connectivity index (χ4n) is 9.50. The summed E-state index contributed by atoms with van der Waals surface area (Å²) in [6.07, 6.45) is -2.03. The molecule has 101 heavy (non-hydrogen) atoms. The lowest BCUT2D eigenvalue weighted by atomic mass is 9.85. The second-order valence-corrected chi connectivity index (χ2v) is 25.3. The second kappa shape index (κ2) is 42.2. The number of imidazole rings is 1. The lowest BCUT2D eigenvalue weighted by molar-refractivity contribution is -0.142. The lowest BCUT2D eigenvalue weighted by Crippen LogP contribution is -2.63. The molecule has 0 saturated carbocycles. The van der Waals surface area contributed by atoms with E-state index in [9.17, 15) is 97.1 Å². The summed E-state index contributed by atoms with van der Waals surface area (Å²) in [5.41, 5.74) is 27.5. The summed E-state index contributed by atoms with van der Waals surface area (Å²) in [4.78, 5) is 224. The first kappa shape index (κ1) is 86.2. The van der Waals surface area contributed by atoms with Crippen LogP contribution in [0.4, 0.5) is 0 Å². The van der Waals surface area contributed by atoms with Gasteiger partial charge in [-0.2, -0.15) is 0 Å². The molecule has 2 aromatic rings. The van der Waals surface area contributed by atoms with E-state index in [0.29, 0.717) is 17.7 Å². The van der Waals surface area contributed by atoms with Crippen molar-refractivity contribution in [2.45, 2.75) is 199 Å². The Kier molecular flexibility index (Phi) is 36.0. The van der Waals surface area contributed by atoms with Gasteiger partial charge >= 0.3 is 17.9 Å². The molecule has 1 heterocycles. The Hall–Kier alpha value is -10.9. The molecule has 0 fully saturated rings. The summed E-state index contributed by atoms with van der Waals surface area (Å²) >= 11 is 0. The minimum Gasteiger partial charge on any atom is -0.481 e. The molecule has 1 aromatic heterocycles. The highest BCUT2D eigenvalue weighted by atomic mass is 16.4. The number of hydrogen-bond acceptors (Lipinski definition) is 20. The topological polar surface area (TPSA) is 658 Å². The second-order valence-electron chi connectivity index (χ2n) is 25.3. The molecule has 0 saturated heterocycles. The van der Waals surface area contributed by atoms with Crippen LogP contribution in [0.25, 0.3) is 0 Å². The molecule has 2 rings (SSSR count). The zero-order chi connectivity index (χ0) is 76.6. The van der Waals surface area contributed by atoms with Crippen LogP contribution < -0.4 is 87.2 Å². The quantitative estimate of drug-likeness (QED) is 0.0166. The number of aliphatic carboxylic acids is 3. The van der Waals surface area contributed by atoms with Gasteiger partial charge in [0, 0.05) is 44.1 Å². The number of guanidine groups is 1. The number of aromatic amines is 1. The third-order valence-corrected chi connectivity index (χ3v) is 15.5. The van der Waals surface area contributed by atoms with Crippen molar-refractivity contribution in [3.63, 3.8) is 0 Å². The number of carbonyl (C=O) groups excluding carboxylic acids is 13. The van der Waals surface area contributed by atoms with Crippen molar-refractivity contribution in [1.82, 2.24) is 68.5 Å². The van der Waals surface area contributed by atoms with Gasteiger partial charge in [-0.3, -0.25) is 81.7 Å². The molecule has 1 aromatic carbocycles. The maximum absolute atomic E-state index is 14.4. The Balaban J connectivity index is 2.44. The number of H-pyrrole nitrogens is 1. The van der Waals surface area contributed by atoms with E-state index < -0.39 is 224 Å². The Morgan fingerprint density at radius 3 is 1.48 bits per heavy atom. The van der Waals surface area contributed by atoms with Crippen LogP contribution in [-0.2, 0) is 89.6 Å². The molecule has 13 atom stereocenters. The number of benzene rings is 1. The third kappa shape index (κ3) is 31.3. The number of carboxylic acids is 3. The van der Waals surface area contributed by atoms with Crippen molar-refractivity contribution >= 4 is 101 Å². The van der Waals surface area contributed by atoms with Crippen molar-refractivity contribution in [2.75, 3.05) is 13.2 Å². The van der Waals surface area contributed by atoms with Crippen LogP contribution >= 0.6 is 0 Å². The first-order chi connectivity index (χ1) is 47.2. The Morgan fingerprint density at radius 1 is 0.525 bits per heavy atom. The number of nitrogens with two attached hydrogens (primary N) is 5. The summed E-state index contributed by atoms with van der Waals surface area (Å²) in [5.74, 6) is -20.4. The maximum atomic E-state index is 14.4. The van der Waals surface area contributed by atoms with Gasteiger partial charge in [-0.1, -0.05) is 85.2 Å². The fourth-order valence-corrected chi connectivity index (χ4v) is 9.50. The van der Waals surface area contributed by atoms with Crippen LogP contribution in [-0.4, -0.2) is 217 Å². The Morgan fingerprint density at radius 2 is 0.990 bits per heavy atom. The maximum Gasteiger partial charge on any atom is 0.305 e. The monoisotopic (exact) mass is 1430 g/mol. The van der Waals surface area contributed by atoms with E-state index in [4.69, 9.17) is 28.7 Å². The molecule has 0 radical (unpaired) electrons. The fraction of sp³-hybridized carbons (Fsp3) is 0.581. The van der Waals surface area contributed by atoms with Crippen LogP contribution in [0.5, 0.6) is 0 Å². The number of aliphatic imine (C=N–C) groups is 1. The van der Waals surface area contributed by atoms with Gasteiger partial charge in [-0.25, -0.2) is 4.98 Å². The SMILES string of the molecule is CC[C@H](C)[C@H](N)C(=O)N[C@@H](CO)C(=O)N[C@@H](CCC(=O)O)C(=O)N[C@H](C(=O)N[C@@H](CC(N)=O)C(=O)N[C@H](C(=O)N[C@@H](CC(=O)O)C(=O)N[C@@H](C)C(=O)N[C@@H](CCC(=O)O)C(=O)N[C@@H](Cc1ccccc1)C(=O)N[C@@H](CCCN=C(N)N)C(=O)N[C@@H](Cc1cnc[nH]1)C(N)=O)C(C)(C)C)C(C)C. The van der Waals surface area contributed by atoms with Crippen LogP contribution in [0.3, 0.4) is 0 Å². The first-order valence-electron chi connectivity index (χ1n) is 32.2. The number of primary amides is 2. The van der Waals surface area contributed by atoms with Gasteiger partial charge in [0.05, 0.1) is 31.8 Å². The minimum atomic E-state index is -2.06. The van der Waals surface area contributed by atoms with E-state index in [2.05, 4.69) is 73.4 Å². The van der Waals surface area contributed by atoms with E-state index in [1.54, 1.807) is 44.2 Å². The Labute approximate surface area is 581 Å². The van der Waals surface area contributed by atoms with Gasteiger partial charge in [-0.15, -0.1) is 0 Å². The predicted octanol–water partition coefficient (Wildman–Crippen LogP) is -6.77. The molecule has 0 aliphatic carbocycles. The molecule has 0 aliphatic rings. The average molecular weight is 1430 g/mol. The van der Waals surface area contributed by atoms with Crippen LogP contribution in [0, 0.1) is 17.3 Å². The minimum absolute atomic E-state index is 0.0113. The normalized spacial score (nSPS) is 15.0. The van der Waals surface area contributed by atoms with Crippen molar-refractivity contribution < 1.29 is 97.1 Å². The number of carbonyl (C=O) groups is 16. The number of aromatic nitrogens is 2. The summed E-state index contributed by atoms with van der Waals surface area (Å²) < 4.78 is 0. The van der Waals surface area contributed by atoms with E-state index in [0.717, 1.165) is 6.92 Å². The van der Waals surface area contributed by atoms with Crippen LogP contribution in [0.15, 0.2) is 47.8 Å². The van der Waals surface area contributed by atoms with Crippen LogP contribution in [0.1, 0.15) is 124 Å². The molecular weight excluding hydrogens is 1330 g/mol. The highest BCUT2D eigenvalue weighted by Crippen LogP contribution is 2.21. The van der Waals surface area contributed by atoms with E-state index in [1.807, 2.05) is 0 Å². The number of aliphatic hydroxyl groups is 1. The van der Waals surface area contributed by atoms with Crippen molar-refractivity contribution in [2.24, 2.45) is 50.9 Å². The predicted molar refractivity (Wildman–Crippen MR) is 357 cm³/mol. The van der Waals surface area contributed by atoms with E-state index in [-0.39, 0.29) is 44.1 Å². The van der Waals surface area contributed by atoms with Crippen LogP contribution in [0.2, 0.25) is 0 Å². The lowest BCUT2D eigenvalue weighted by Gasteiger charge is -2.33. The van der Waals surface area contributed by atoms with Gasteiger partial charge in [-0.05, 0) is 55.4 Å². The first-order valence-corrected chi connectivity index (χ1v) is 32.2. The number of nitrogens with zero attached hydrogens (tertiary/aromatic N) is 2. The van der Waals surface area contributed by atoms with Crippen molar-refractivity contribution in [3.05, 3.63) is 54.1 Å². The average Bonchev–Trinajstić information content (AvgIpc) is 1.72. The number of amides is 13. The zero-order valence-electron chi connectivity index (χ0n) is 57.4. The molecule has 0 bridgehead atoms. The summed E-state index contributed by atoms with van der Waals surface area (Å²) in [5, 5.41) is 64.9. The standard InChI is InChI=1S/C62H97N19O20/c1-9-30(4)46(64)58(99)79-41(27-82)57(98)74-36(18-20-44(86)87)53(94)80-47(29(2)3)59(100)77-39(24-42(63)83)56(97)81-48(62(6,7)8)60(101)78-40(25-45(88)89)54(95)71-31(5)50(91)72-35(17-19-43(84)85)52(93)76-38(22-32-14-11-10-12-15-32)55(96)73-34(16-13-21-69-61(66)67)51(92)75-37(49(65)90)23-33-26-68-28-70-33/h10-12,14-15,26,28-31,34-41,46-48,82H,9,13,16-25,27,64H2,1-8H3,(H2,63,83)(H2,65,90)(H,68,70)(H,71,95)(H,72,91)(H,73,96)(H,74,98)(H,75,92)(H,76,93)(H,77,100)(H,78,101)(H,79,99)(H,80,94)(H,81,97)(H,84,85)(H,86,87)(H,88,89)(H4,66,67,69)/t30-,31-,34-,35-,36-,37-,38-,39-,40-,41-,46-,47-,48+/m0/s1. The summed E-state index contributed by atoms with van der Waals surface area (Å²) in [6.45, 7) is 10.6. The number of aliphatic hydroxyl groups excluding tert-OH is 1. The summed E-state index contributed by atoms with van der Waals surface area (Å²) in [6, 6.07) is -11.6. The van der Waals surface area contributed by atoms with Gasteiger partial charge in [0.2, 0.25) is 76.8 Å². The molecule has 26 N–H and O–H groups in total. The molecule has 0 spiro atoms. The molecule has 39 heteroatoms. The summed E-state index contributed by atoms with van der Waals surface area (Å²) in [7, 11) is 0. The molecule has 0 aliphatic heterocycles.